The van der Waals surface area contributed by atoms with Crippen molar-refractivity contribution in [2.45, 2.75) is 25.8 Å². The van der Waals surface area contributed by atoms with E-state index in [0.717, 1.165) is 29.4 Å². The van der Waals surface area contributed by atoms with E-state index >= 15 is 0 Å². The largest absolute Gasteiger partial charge is 0.324 e. The van der Waals surface area contributed by atoms with Crippen LogP contribution in [0.15, 0.2) is 36.5 Å². The highest BCUT2D eigenvalue weighted by atomic mass is 32.2. The van der Waals surface area contributed by atoms with Gasteiger partial charge in [-0.05, 0) is 44.0 Å². The molecule has 2 aromatic rings. The first-order valence-corrected chi connectivity index (χ1v) is 11.5. The molecular weight excluding hydrogens is 390 g/mol. The minimum Gasteiger partial charge on any atom is -0.324 e. The van der Waals surface area contributed by atoms with E-state index in [9.17, 15) is 13.2 Å². The molecule has 1 amide bonds. The predicted octanol–water partition coefficient (Wildman–Crippen LogP) is 1.52. The Bertz CT molecular complexity index is 977. The number of hydrogen-bond donors (Lipinski definition) is 1. The van der Waals surface area contributed by atoms with Crippen LogP contribution in [0.25, 0.3) is 10.9 Å². The zero-order valence-electron chi connectivity index (χ0n) is 16.6. The second-order valence-corrected chi connectivity index (χ2v) is 9.52. The number of anilines is 1. The Morgan fingerprint density at radius 1 is 1.00 bits per heavy atom. The van der Waals surface area contributed by atoms with Crippen molar-refractivity contribution < 1.29 is 13.2 Å². The van der Waals surface area contributed by atoms with Crippen molar-refractivity contribution in [3.8, 4) is 0 Å². The maximum absolute atomic E-state index is 12.8. The third kappa shape index (κ3) is 4.13. The average Bonchev–Trinajstić information content (AvgIpc) is 3.29. The van der Waals surface area contributed by atoms with E-state index in [1.807, 2.05) is 42.2 Å². The molecule has 8 nitrogen and oxygen atoms in total. The van der Waals surface area contributed by atoms with E-state index in [1.165, 1.54) is 0 Å². The molecule has 0 saturated carbocycles. The number of carbonyl (C=O) groups is 1. The molecule has 29 heavy (non-hydrogen) atoms. The fourth-order valence-electron chi connectivity index (χ4n) is 4.02. The standard InChI is InChI=1S/C20H27N5O3S/c1-16(20(26)22-19-8-4-7-18-17(19)6-5-9-21-18)23-12-14-25(15-13-23)29(27,28)24-10-2-3-11-24/h4-9,16H,2-3,10-15H2,1H3,(H,22,26). The Morgan fingerprint density at radius 2 is 1.69 bits per heavy atom. The van der Waals surface area contributed by atoms with E-state index in [4.69, 9.17) is 0 Å². The SMILES string of the molecule is CC(C(=O)Nc1cccc2ncccc12)N1CCN(S(=O)(=O)N2CCCC2)CC1. The number of rotatable bonds is 5. The molecule has 0 bridgehead atoms. The molecule has 1 aromatic heterocycles. The van der Waals surface area contributed by atoms with E-state index in [1.54, 1.807) is 14.8 Å². The number of fused-ring (bicyclic) bond motifs is 1. The first-order valence-electron chi connectivity index (χ1n) is 10.1. The van der Waals surface area contributed by atoms with E-state index in [-0.39, 0.29) is 11.9 Å². The summed E-state index contributed by atoms with van der Waals surface area (Å²) in [5.74, 6) is -0.0998. The molecule has 9 heteroatoms. The average molecular weight is 418 g/mol. The molecule has 0 aliphatic carbocycles. The third-order valence-electron chi connectivity index (χ3n) is 5.82. The molecule has 3 heterocycles. The number of benzene rings is 1. The quantitative estimate of drug-likeness (QED) is 0.797. The second-order valence-electron chi connectivity index (χ2n) is 7.59. The fraction of sp³-hybridized carbons (Fsp3) is 0.500. The molecule has 2 fully saturated rings. The Hall–Kier alpha value is -2.07. The van der Waals surface area contributed by atoms with Crippen LogP contribution in [-0.2, 0) is 15.0 Å². The van der Waals surface area contributed by atoms with Crippen LogP contribution >= 0.6 is 0 Å². The normalized spacial score (nSPS) is 20.7. The van der Waals surface area contributed by atoms with Gasteiger partial charge in [0.25, 0.3) is 10.2 Å². The minimum absolute atomic E-state index is 0.0998. The van der Waals surface area contributed by atoms with Crippen molar-refractivity contribution in [2.75, 3.05) is 44.6 Å². The molecule has 1 N–H and O–H groups in total. The maximum Gasteiger partial charge on any atom is 0.282 e. The highest BCUT2D eigenvalue weighted by Gasteiger charge is 2.35. The lowest BCUT2D eigenvalue weighted by molar-refractivity contribution is -0.121. The van der Waals surface area contributed by atoms with Gasteiger partial charge in [0, 0.05) is 50.9 Å². The Balaban J connectivity index is 1.38. The molecule has 4 rings (SSSR count). The van der Waals surface area contributed by atoms with Crippen molar-refractivity contribution >= 4 is 32.7 Å². The lowest BCUT2D eigenvalue weighted by Gasteiger charge is -2.38. The van der Waals surface area contributed by atoms with Crippen LogP contribution in [0.5, 0.6) is 0 Å². The summed E-state index contributed by atoms with van der Waals surface area (Å²) in [6.07, 6.45) is 3.59. The minimum atomic E-state index is -3.37. The molecule has 1 unspecified atom stereocenters. The molecule has 0 radical (unpaired) electrons. The van der Waals surface area contributed by atoms with Crippen LogP contribution < -0.4 is 5.32 Å². The number of carbonyl (C=O) groups excluding carboxylic acids is 1. The van der Waals surface area contributed by atoms with Crippen molar-refractivity contribution in [3.05, 3.63) is 36.5 Å². The number of nitrogens with zero attached hydrogens (tertiary/aromatic N) is 4. The van der Waals surface area contributed by atoms with Gasteiger partial charge in [-0.2, -0.15) is 17.0 Å². The highest BCUT2D eigenvalue weighted by molar-refractivity contribution is 7.86. The van der Waals surface area contributed by atoms with Crippen LogP contribution in [0.1, 0.15) is 19.8 Å². The van der Waals surface area contributed by atoms with Gasteiger partial charge in [0.15, 0.2) is 0 Å². The van der Waals surface area contributed by atoms with Crippen LogP contribution in [0.4, 0.5) is 5.69 Å². The van der Waals surface area contributed by atoms with Gasteiger partial charge >= 0.3 is 0 Å². The van der Waals surface area contributed by atoms with Crippen LogP contribution in [0, 0.1) is 0 Å². The molecule has 156 valence electrons. The number of nitrogens with one attached hydrogen (secondary N) is 1. The number of hydrogen-bond acceptors (Lipinski definition) is 5. The van der Waals surface area contributed by atoms with Gasteiger partial charge in [0.2, 0.25) is 5.91 Å². The summed E-state index contributed by atoms with van der Waals surface area (Å²) in [4.78, 5) is 19.2. The highest BCUT2D eigenvalue weighted by Crippen LogP contribution is 2.22. The zero-order valence-corrected chi connectivity index (χ0v) is 17.4. The molecule has 2 aliphatic rings. The third-order valence-corrected chi connectivity index (χ3v) is 7.86. The summed E-state index contributed by atoms with van der Waals surface area (Å²) >= 11 is 0. The number of amides is 1. The molecule has 1 atom stereocenters. The van der Waals surface area contributed by atoms with Gasteiger partial charge in [0.05, 0.1) is 17.2 Å². The molecule has 0 spiro atoms. The van der Waals surface area contributed by atoms with Gasteiger partial charge < -0.3 is 5.32 Å². The Kier molecular flexibility index (Phi) is 5.82. The monoisotopic (exact) mass is 417 g/mol. The molecule has 2 saturated heterocycles. The lowest BCUT2D eigenvalue weighted by atomic mass is 10.1. The van der Waals surface area contributed by atoms with Gasteiger partial charge in [-0.15, -0.1) is 0 Å². The van der Waals surface area contributed by atoms with Crippen molar-refractivity contribution in [3.63, 3.8) is 0 Å². The summed E-state index contributed by atoms with van der Waals surface area (Å²) in [5, 5.41) is 3.91. The second kappa shape index (κ2) is 8.35. The smallest absolute Gasteiger partial charge is 0.282 e. The number of pyridine rings is 1. The fourth-order valence-corrected chi connectivity index (χ4v) is 5.69. The number of aromatic nitrogens is 1. The van der Waals surface area contributed by atoms with Gasteiger partial charge in [-0.3, -0.25) is 14.7 Å². The van der Waals surface area contributed by atoms with Gasteiger partial charge in [-0.25, -0.2) is 0 Å². The first-order chi connectivity index (χ1) is 14.0. The van der Waals surface area contributed by atoms with E-state index in [0.29, 0.717) is 39.3 Å². The van der Waals surface area contributed by atoms with E-state index in [2.05, 4.69) is 10.3 Å². The molecule has 1 aromatic carbocycles. The summed E-state index contributed by atoms with van der Waals surface area (Å²) in [6, 6.07) is 9.09. The maximum atomic E-state index is 12.8. The van der Waals surface area contributed by atoms with Gasteiger partial charge in [-0.1, -0.05) is 6.07 Å². The van der Waals surface area contributed by atoms with Crippen LogP contribution in [-0.4, -0.2) is 78.1 Å². The zero-order chi connectivity index (χ0) is 20.4. The van der Waals surface area contributed by atoms with Crippen molar-refractivity contribution in [2.24, 2.45) is 0 Å². The summed E-state index contributed by atoms with van der Waals surface area (Å²) in [5.41, 5.74) is 1.57. The van der Waals surface area contributed by atoms with E-state index < -0.39 is 10.2 Å². The number of piperazine rings is 1. The Labute approximate surface area is 171 Å². The first kappa shape index (κ1) is 20.2. The molecular formula is C20H27N5O3S. The van der Waals surface area contributed by atoms with Crippen LogP contribution in [0.3, 0.4) is 0 Å². The van der Waals surface area contributed by atoms with Crippen molar-refractivity contribution in [1.82, 2.24) is 18.5 Å². The van der Waals surface area contributed by atoms with Crippen LogP contribution in [0.2, 0.25) is 0 Å². The summed E-state index contributed by atoms with van der Waals surface area (Å²) in [6.45, 7) is 4.99. The predicted molar refractivity (Wildman–Crippen MR) is 113 cm³/mol. The summed E-state index contributed by atoms with van der Waals surface area (Å²) in [7, 11) is -3.37. The molecule has 2 aliphatic heterocycles. The summed E-state index contributed by atoms with van der Waals surface area (Å²) < 4.78 is 28.6. The lowest BCUT2D eigenvalue weighted by Crippen LogP contribution is -2.56. The van der Waals surface area contributed by atoms with Gasteiger partial charge in [0.1, 0.15) is 0 Å². The Morgan fingerprint density at radius 3 is 2.41 bits per heavy atom. The van der Waals surface area contributed by atoms with Crippen molar-refractivity contribution in [1.29, 1.82) is 0 Å². The topological polar surface area (TPSA) is 85.9 Å².